The van der Waals surface area contributed by atoms with Crippen molar-refractivity contribution in [3.8, 4) is 0 Å². The molecule has 0 bridgehead atoms. The molecule has 0 fully saturated rings. The fourth-order valence-corrected chi connectivity index (χ4v) is 6.05. The lowest BCUT2D eigenvalue weighted by molar-refractivity contribution is 0.594. The zero-order valence-electron chi connectivity index (χ0n) is 13.4. The first-order valence-corrected chi connectivity index (χ1v) is 11.4. The molecule has 0 aliphatic rings. The molecule has 0 saturated carbocycles. The van der Waals surface area contributed by atoms with Crippen LogP contribution in [-0.2, 0) is 22.7 Å². The zero-order chi connectivity index (χ0) is 17.3. The van der Waals surface area contributed by atoms with E-state index in [-0.39, 0.29) is 11.5 Å². The maximum atomic E-state index is 12.4. The summed E-state index contributed by atoms with van der Waals surface area (Å²) in [5, 5.41) is 1.76. The first kappa shape index (κ1) is 16.6. The molecule has 128 valence electrons. The van der Waals surface area contributed by atoms with Crippen LogP contribution in [0.25, 0.3) is 20.4 Å². The van der Waals surface area contributed by atoms with Crippen molar-refractivity contribution in [3.05, 3.63) is 58.5 Å². The number of aryl methyl sites for hydroxylation is 2. The minimum Gasteiger partial charge on any atom is -0.241 e. The van der Waals surface area contributed by atoms with Crippen molar-refractivity contribution in [2.75, 3.05) is 11.5 Å². The van der Waals surface area contributed by atoms with Crippen LogP contribution < -0.4 is 0 Å². The van der Waals surface area contributed by atoms with Crippen molar-refractivity contribution >= 4 is 52.9 Å². The molecule has 2 aromatic carbocycles. The first-order chi connectivity index (χ1) is 12.1. The maximum Gasteiger partial charge on any atom is 0.151 e. The molecule has 4 nitrogen and oxygen atoms in total. The number of thiazole rings is 2. The predicted molar refractivity (Wildman–Crippen MR) is 105 cm³/mol. The van der Waals surface area contributed by atoms with E-state index in [0.29, 0.717) is 12.8 Å². The van der Waals surface area contributed by atoms with Gasteiger partial charge in [0.2, 0.25) is 0 Å². The molecule has 4 aromatic rings. The number of fused-ring (bicyclic) bond motifs is 2. The van der Waals surface area contributed by atoms with Crippen LogP contribution in [0.3, 0.4) is 0 Å². The van der Waals surface area contributed by atoms with Crippen molar-refractivity contribution in [2.45, 2.75) is 12.8 Å². The molecule has 25 heavy (non-hydrogen) atoms. The molecule has 0 atom stereocenters. The lowest BCUT2D eigenvalue weighted by Gasteiger charge is -2.01. The average Bonchev–Trinajstić information content (AvgIpc) is 3.21. The fourth-order valence-electron chi connectivity index (χ4n) is 2.64. The average molecular weight is 389 g/mol. The summed E-state index contributed by atoms with van der Waals surface area (Å²) >= 11 is 3.14. The lowest BCUT2D eigenvalue weighted by atomic mass is 10.3. The van der Waals surface area contributed by atoms with Gasteiger partial charge in [0.05, 0.1) is 42.0 Å². The topological polar surface area (TPSA) is 59.9 Å². The molecule has 0 spiro atoms. The van der Waals surface area contributed by atoms with Crippen LogP contribution in [0.2, 0.25) is 0 Å². The van der Waals surface area contributed by atoms with Gasteiger partial charge in [-0.25, -0.2) is 18.4 Å². The summed E-state index contributed by atoms with van der Waals surface area (Å²) in [6, 6.07) is 15.8. The highest BCUT2D eigenvalue weighted by atomic mass is 32.2. The van der Waals surface area contributed by atoms with E-state index < -0.39 is 9.84 Å². The Labute approximate surface area is 154 Å². The molecular formula is C18H16N2O2S3. The summed E-state index contributed by atoms with van der Waals surface area (Å²) in [5.41, 5.74) is 1.88. The molecule has 0 N–H and O–H groups in total. The Kier molecular flexibility index (Phi) is 4.54. The number of hydrogen-bond donors (Lipinski definition) is 0. The minimum absolute atomic E-state index is 0.137. The van der Waals surface area contributed by atoms with Gasteiger partial charge >= 0.3 is 0 Å². The van der Waals surface area contributed by atoms with Gasteiger partial charge in [-0.15, -0.1) is 22.7 Å². The highest BCUT2D eigenvalue weighted by Gasteiger charge is 2.15. The Morgan fingerprint density at radius 3 is 1.60 bits per heavy atom. The molecule has 0 saturated heterocycles. The first-order valence-electron chi connectivity index (χ1n) is 7.98. The summed E-state index contributed by atoms with van der Waals surface area (Å²) in [4.78, 5) is 9.01. The number of sulfone groups is 1. The van der Waals surface area contributed by atoms with Crippen molar-refractivity contribution < 1.29 is 8.42 Å². The smallest absolute Gasteiger partial charge is 0.151 e. The van der Waals surface area contributed by atoms with E-state index >= 15 is 0 Å². The number of para-hydroxylation sites is 2. The van der Waals surface area contributed by atoms with Gasteiger partial charge in [-0.05, 0) is 24.3 Å². The van der Waals surface area contributed by atoms with E-state index in [1.807, 2.05) is 48.5 Å². The molecule has 4 rings (SSSR count). The monoisotopic (exact) mass is 388 g/mol. The summed E-state index contributed by atoms with van der Waals surface area (Å²) in [6.07, 6.45) is 0.947. The second kappa shape index (κ2) is 6.82. The third-order valence-electron chi connectivity index (χ3n) is 3.93. The third kappa shape index (κ3) is 3.89. The molecule has 0 aliphatic carbocycles. The fraction of sp³-hybridized carbons (Fsp3) is 0.222. The number of nitrogens with zero attached hydrogens (tertiary/aromatic N) is 2. The molecule has 0 radical (unpaired) electrons. The van der Waals surface area contributed by atoms with Crippen LogP contribution >= 0.6 is 22.7 Å². The van der Waals surface area contributed by atoms with E-state index in [2.05, 4.69) is 9.97 Å². The van der Waals surface area contributed by atoms with Gasteiger partial charge in [-0.3, -0.25) is 0 Å². The van der Waals surface area contributed by atoms with Crippen molar-refractivity contribution in [2.24, 2.45) is 0 Å². The Morgan fingerprint density at radius 2 is 1.16 bits per heavy atom. The van der Waals surface area contributed by atoms with E-state index in [1.54, 1.807) is 22.7 Å². The molecule has 2 aromatic heterocycles. The molecular weight excluding hydrogens is 372 g/mol. The molecule has 0 amide bonds. The van der Waals surface area contributed by atoms with Crippen LogP contribution in [-0.4, -0.2) is 29.9 Å². The van der Waals surface area contributed by atoms with Gasteiger partial charge in [0, 0.05) is 12.8 Å². The van der Waals surface area contributed by atoms with Gasteiger partial charge in [-0.1, -0.05) is 24.3 Å². The van der Waals surface area contributed by atoms with Gasteiger partial charge < -0.3 is 0 Å². The quantitative estimate of drug-likeness (QED) is 0.499. The van der Waals surface area contributed by atoms with Crippen LogP contribution in [0.5, 0.6) is 0 Å². The maximum absolute atomic E-state index is 12.4. The van der Waals surface area contributed by atoms with Gasteiger partial charge in [0.15, 0.2) is 9.84 Å². The normalized spacial score (nSPS) is 12.2. The lowest BCUT2D eigenvalue weighted by Crippen LogP contribution is -2.14. The molecule has 7 heteroatoms. The largest absolute Gasteiger partial charge is 0.241 e. The third-order valence-corrected chi connectivity index (χ3v) is 7.77. The number of aromatic nitrogens is 2. The van der Waals surface area contributed by atoms with Crippen molar-refractivity contribution in [1.82, 2.24) is 9.97 Å². The number of benzene rings is 2. The summed E-state index contributed by atoms with van der Waals surface area (Å²) in [6.45, 7) is 0. The summed E-state index contributed by atoms with van der Waals surface area (Å²) in [7, 11) is -3.12. The second-order valence-electron chi connectivity index (χ2n) is 5.80. The Morgan fingerprint density at radius 1 is 0.720 bits per heavy atom. The predicted octanol–water partition coefficient (Wildman–Crippen LogP) is 4.11. The molecule has 0 aliphatic heterocycles. The van der Waals surface area contributed by atoms with E-state index in [4.69, 9.17) is 0 Å². The van der Waals surface area contributed by atoms with Gasteiger partial charge in [0.1, 0.15) is 0 Å². The summed E-state index contributed by atoms with van der Waals surface area (Å²) in [5.74, 6) is 0.273. The van der Waals surface area contributed by atoms with E-state index in [0.717, 1.165) is 30.4 Å². The van der Waals surface area contributed by atoms with Crippen molar-refractivity contribution in [3.63, 3.8) is 0 Å². The molecule has 0 unspecified atom stereocenters. The van der Waals surface area contributed by atoms with Gasteiger partial charge in [-0.2, -0.15) is 0 Å². The standard InChI is InChI=1S/C18H16N2O2S3/c21-25(22,11-9-17-19-13-5-1-3-7-15(13)23-17)12-10-18-20-14-6-2-4-8-16(14)24-18/h1-8H,9-12H2. The van der Waals surface area contributed by atoms with Crippen LogP contribution in [0.1, 0.15) is 10.0 Å². The van der Waals surface area contributed by atoms with Crippen LogP contribution in [0.15, 0.2) is 48.5 Å². The number of hydrogen-bond acceptors (Lipinski definition) is 6. The SMILES string of the molecule is O=S(=O)(CCc1nc2ccccc2s1)CCc1nc2ccccc2s1. The Bertz CT molecular complexity index is 979. The highest BCUT2D eigenvalue weighted by molar-refractivity contribution is 7.91. The van der Waals surface area contributed by atoms with E-state index in [1.165, 1.54) is 0 Å². The number of rotatable bonds is 6. The van der Waals surface area contributed by atoms with Crippen LogP contribution in [0.4, 0.5) is 0 Å². The molecule has 2 heterocycles. The Hall–Kier alpha value is -1.83. The van der Waals surface area contributed by atoms with Crippen LogP contribution in [0, 0.1) is 0 Å². The van der Waals surface area contributed by atoms with Crippen molar-refractivity contribution in [1.29, 1.82) is 0 Å². The van der Waals surface area contributed by atoms with Gasteiger partial charge in [0.25, 0.3) is 0 Å². The summed E-state index contributed by atoms with van der Waals surface area (Å²) < 4.78 is 26.9. The Balaban J connectivity index is 1.39. The second-order valence-corrected chi connectivity index (χ2v) is 10.3. The minimum atomic E-state index is -3.12. The zero-order valence-corrected chi connectivity index (χ0v) is 15.8. The highest BCUT2D eigenvalue weighted by Crippen LogP contribution is 2.23. The van der Waals surface area contributed by atoms with E-state index in [9.17, 15) is 8.42 Å².